The van der Waals surface area contributed by atoms with E-state index in [1.54, 1.807) is 0 Å². The van der Waals surface area contributed by atoms with Gasteiger partial charge in [0.1, 0.15) is 0 Å². The SMILES string of the molecule is CC.CCCCCN(O)CCCCC. The molecule has 0 radical (unpaired) electrons. The lowest BCUT2D eigenvalue weighted by molar-refractivity contribution is -0.0923. The van der Waals surface area contributed by atoms with Crippen LogP contribution < -0.4 is 0 Å². The summed E-state index contributed by atoms with van der Waals surface area (Å²) in [4.78, 5) is 0. The number of unbranched alkanes of at least 4 members (excludes halogenated alkanes) is 4. The van der Waals surface area contributed by atoms with Crippen molar-refractivity contribution >= 4 is 0 Å². The van der Waals surface area contributed by atoms with Crippen molar-refractivity contribution in [3.8, 4) is 0 Å². The number of rotatable bonds is 8. The zero-order valence-corrected chi connectivity index (χ0v) is 10.6. The number of nitrogens with zero attached hydrogens (tertiary/aromatic N) is 1. The smallest absolute Gasteiger partial charge is 0.0238 e. The summed E-state index contributed by atoms with van der Waals surface area (Å²) in [7, 11) is 0. The molecule has 1 N–H and O–H groups in total. The van der Waals surface area contributed by atoms with E-state index in [9.17, 15) is 5.21 Å². The molecule has 0 amide bonds. The van der Waals surface area contributed by atoms with Crippen molar-refractivity contribution < 1.29 is 5.21 Å². The van der Waals surface area contributed by atoms with E-state index in [1.807, 2.05) is 13.8 Å². The van der Waals surface area contributed by atoms with E-state index in [4.69, 9.17) is 0 Å². The van der Waals surface area contributed by atoms with E-state index in [-0.39, 0.29) is 0 Å². The van der Waals surface area contributed by atoms with Crippen LogP contribution in [0.5, 0.6) is 0 Å². The molecule has 0 aromatic heterocycles. The van der Waals surface area contributed by atoms with Gasteiger partial charge in [-0.3, -0.25) is 0 Å². The molecule has 0 heterocycles. The summed E-state index contributed by atoms with van der Waals surface area (Å²) in [6.45, 7) is 10.0. The normalized spacial score (nSPS) is 9.86. The van der Waals surface area contributed by atoms with Crippen molar-refractivity contribution in [1.29, 1.82) is 0 Å². The highest BCUT2D eigenvalue weighted by Crippen LogP contribution is 1.99. The zero-order chi connectivity index (χ0) is 11.2. The van der Waals surface area contributed by atoms with Crippen LogP contribution in [0.15, 0.2) is 0 Å². The van der Waals surface area contributed by atoms with Crippen molar-refractivity contribution in [2.24, 2.45) is 0 Å². The van der Waals surface area contributed by atoms with Gasteiger partial charge in [0.2, 0.25) is 0 Å². The average Bonchev–Trinajstić information content (AvgIpc) is 2.22. The molecule has 14 heavy (non-hydrogen) atoms. The second-order valence-corrected chi connectivity index (χ2v) is 3.37. The van der Waals surface area contributed by atoms with Crippen LogP contribution in [0.3, 0.4) is 0 Å². The molecule has 2 heteroatoms. The Morgan fingerprint density at radius 1 is 0.786 bits per heavy atom. The minimum absolute atomic E-state index is 0.845. The molecule has 0 aromatic rings. The monoisotopic (exact) mass is 203 g/mol. The molecule has 0 fully saturated rings. The molecule has 0 saturated carbocycles. The van der Waals surface area contributed by atoms with Gasteiger partial charge in [0.05, 0.1) is 0 Å². The molecule has 0 aliphatic heterocycles. The first-order valence-electron chi connectivity index (χ1n) is 6.25. The fourth-order valence-corrected chi connectivity index (χ4v) is 1.20. The van der Waals surface area contributed by atoms with Crippen molar-refractivity contribution in [1.82, 2.24) is 5.06 Å². The Bertz CT molecular complexity index is 76.4. The Hall–Kier alpha value is -0.0800. The van der Waals surface area contributed by atoms with Gasteiger partial charge in [-0.15, -0.1) is 0 Å². The molecule has 0 rings (SSSR count). The highest BCUT2D eigenvalue weighted by atomic mass is 16.5. The number of hydrogen-bond donors (Lipinski definition) is 1. The van der Waals surface area contributed by atoms with Crippen LogP contribution in [0, 0.1) is 0 Å². The van der Waals surface area contributed by atoms with E-state index < -0.39 is 0 Å². The van der Waals surface area contributed by atoms with E-state index in [0.717, 1.165) is 25.9 Å². The van der Waals surface area contributed by atoms with Crippen LogP contribution in [-0.4, -0.2) is 23.4 Å². The molecule has 0 bridgehead atoms. The van der Waals surface area contributed by atoms with Crippen molar-refractivity contribution in [2.45, 2.75) is 66.2 Å². The first kappa shape index (κ1) is 16.4. The molecule has 2 nitrogen and oxygen atoms in total. The van der Waals surface area contributed by atoms with E-state index in [1.165, 1.54) is 30.7 Å². The molecule has 0 aromatic carbocycles. The Morgan fingerprint density at radius 2 is 1.14 bits per heavy atom. The first-order chi connectivity index (χ1) is 6.81. The van der Waals surface area contributed by atoms with Gasteiger partial charge in [-0.05, 0) is 12.8 Å². The maximum absolute atomic E-state index is 9.34. The van der Waals surface area contributed by atoms with Crippen LogP contribution in [0.1, 0.15) is 66.2 Å². The lowest BCUT2D eigenvalue weighted by Gasteiger charge is -2.13. The fraction of sp³-hybridized carbons (Fsp3) is 1.00. The molecule has 0 saturated heterocycles. The summed E-state index contributed by atoms with van der Waals surface area (Å²) in [5, 5.41) is 10.8. The van der Waals surface area contributed by atoms with Crippen molar-refractivity contribution in [3.63, 3.8) is 0 Å². The van der Waals surface area contributed by atoms with Gasteiger partial charge < -0.3 is 5.21 Å². The summed E-state index contributed by atoms with van der Waals surface area (Å²) in [6, 6.07) is 0. The van der Waals surface area contributed by atoms with E-state index in [0.29, 0.717) is 0 Å². The Morgan fingerprint density at radius 3 is 1.43 bits per heavy atom. The van der Waals surface area contributed by atoms with Crippen LogP contribution in [-0.2, 0) is 0 Å². The van der Waals surface area contributed by atoms with Gasteiger partial charge >= 0.3 is 0 Å². The predicted molar refractivity (Wildman–Crippen MR) is 63.8 cm³/mol. The van der Waals surface area contributed by atoms with Gasteiger partial charge in [-0.25, -0.2) is 0 Å². The molecule has 88 valence electrons. The second-order valence-electron chi connectivity index (χ2n) is 3.37. The van der Waals surface area contributed by atoms with Crippen molar-refractivity contribution in [2.75, 3.05) is 13.1 Å². The Labute approximate surface area is 90.3 Å². The van der Waals surface area contributed by atoms with Gasteiger partial charge in [-0.1, -0.05) is 53.4 Å². The minimum atomic E-state index is 0.845. The van der Waals surface area contributed by atoms with Crippen LogP contribution in [0.25, 0.3) is 0 Å². The Balaban J connectivity index is 0. The van der Waals surface area contributed by atoms with E-state index >= 15 is 0 Å². The second kappa shape index (κ2) is 15.4. The molecule has 0 spiro atoms. The number of hydroxylamine groups is 2. The third kappa shape index (κ3) is 14.4. The van der Waals surface area contributed by atoms with Crippen LogP contribution >= 0.6 is 0 Å². The first-order valence-corrected chi connectivity index (χ1v) is 6.25. The molecule has 0 aliphatic rings. The summed E-state index contributed by atoms with van der Waals surface area (Å²) in [5.74, 6) is 0. The number of hydrogen-bond acceptors (Lipinski definition) is 2. The topological polar surface area (TPSA) is 23.5 Å². The van der Waals surface area contributed by atoms with Crippen LogP contribution in [0.4, 0.5) is 0 Å². The molecule has 0 aliphatic carbocycles. The summed E-state index contributed by atoms with van der Waals surface area (Å²) < 4.78 is 0. The lowest BCUT2D eigenvalue weighted by Crippen LogP contribution is -2.21. The quantitative estimate of drug-likeness (QED) is 0.474. The highest BCUT2D eigenvalue weighted by molar-refractivity contribution is 4.47. The van der Waals surface area contributed by atoms with Gasteiger partial charge in [0.15, 0.2) is 0 Å². The molecule has 0 unspecified atom stereocenters. The summed E-state index contributed by atoms with van der Waals surface area (Å²) in [6.07, 6.45) is 7.15. The molecule has 0 atom stereocenters. The largest absolute Gasteiger partial charge is 0.314 e. The highest BCUT2D eigenvalue weighted by Gasteiger charge is 1.98. The molecular weight excluding hydrogens is 174 g/mol. The third-order valence-electron chi connectivity index (χ3n) is 2.04. The average molecular weight is 203 g/mol. The molecular formula is C12H29NO. The van der Waals surface area contributed by atoms with Crippen LogP contribution in [0.2, 0.25) is 0 Å². The Kier molecular flexibility index (Phi) is 18.0. The third-order valence-corrected chi connectivity index (χ3v) is 2.04. The maximum Gasteiger partial charge on any atom is 0.0238 e. The fourth-order valence-electron chi connectivity index (χ4n) is 1.20. The summed E-state index contributed by atoms with van der Waals surface area (Å²) in [5.41, 5.74) is 0. The van der Waals surface area contributed by atoms with Gasteiger partial charge in [0.25, 0.3) is 0 Å². The van der Waals surface area contributed by atoms with Gasteiger partial charge in [0, 0.05) is 13.1 Å². The minimum Gasteiger partial charge on any atom is -0.314 e. The lowest BCUT2D eigenvalue weighted by atomic mass is 10.2. The van der Waals surface area contributed by atoms with E-state index in [2.05, 4.69) is 13.8 Å². The van der Waals surface area contributed by atoms with Gasteiger partial charge in [-0.2, -0.15) is 5.06 Å². The van der Waals surface area contributed by atoms with Crippen molar-refractivity contribution in [3.05, 3.63) is 0 Å². The summed E-state index contributed by atoms with van der Waals surface area (Å²) >= 11 is 0. The maximum atomic E-state index is 9.34. The predicted octanol–water partition coefficient (Wildman–Crippen LogP) is 4.08. The standard InChI is InChI=1S/C10H23NO.C2H6/c1-3-5-7-9-11(12)10-8-6-4-2;1-2/h12H,3-10H2,1-2H3;1-2H3. The zero-order valence-electron chi connectivity index (χ0n) is 10.6.